The number of ether oxygens (including phenoxy) is 3. The molecule has 0 unspecified atom stereocenters. The Morgan fingerprint density at radius 1 is 1.07 bits per heavy atom. The summed E-state index contributed by atoms with van der Waals surface area (Å²) in [4.78, 5) is 12.2. The first-order valence-corrected chi connectivity index (χ1v) is 10.6. The number of rotatable bonds is 10. The molecule has 2 aromatic carbocycles. The fourth-order valence-electron chi connectivity index (χ4n) is 2.86. The van der Waals surface area contributed by atoms with Crippen LogP contribution in [0.15, 0.2) is 34.8 Å². The van der Waals surface area contributed by atoms with Crippen LogP contribution in [0.2, 0.25) is 0 Å². The summed E-state index contributed by atoms with van der Waals surface area (Å²) in [5.74, 6) is 2.53. The van der Waals surface area contributed by atoms with E-state index in [1.165, 1.54) is 0 Å². The summed E-state index contributed by atoms with van der Waals surface area (Å²) in [5.41, 5.74) is 2.91. The van der Waals surface area contributed by atoms with Crippen molar-refractivity contribution in [2.24, 2.45) is 5.92 Å². The highest BCUT2D eigenvalue weighted by Crippen LogP contribution is 2.29. The molecule has 0 bridgehead atoms. The molecule has 1 N–H and O–H groups in total. The number of carbonyl (C=O) groups is 1. The summed E-state index contributed by atoms with van der Waals surface area (Å²) in [6.07, 6.45) is 0.984. The quantitative estimate of drug-likeness (QED) is 0.526. The van der Waals surface area contributed by atoms with E-state index in [-0.39, 0.29) is 12.5 Å². The van der Waals surface area contributed by atoms with E-state index >= 15 is 0 Å². The van der Waals surface area contributed by atoms with E-state index in [4.69, 9.17) is 14.2 Å². The van der Waals surface area contributed by atoms with Crippen molar-refractivity contribution >= 4 is 21.8 Å². The van der Waals surface area contributed by atoms with Gasteiger partial charge in [-0.15, -0.1) is 0 Å². The molecular weight excluding hydrogens is 434 g/mol. The molecule has 0 aliphatic carbocycles. The normalized spacial score (nSPS) is 10.7. The molecule has 6 heteroatoms. The van der Waals surface area contributed by atoms with E-state index in [0.29, 0.717) is 30.6 Å². The largest absolute Gasteiger partial charge is 0.493 e. The third kappa shape index (κ3) is 7.28. The molecule has 0 heterocycles. The molecule has 5 nitrogen and oxygen atoms in total. The zero-order valence-electron chi connectivity index (χ0n) is 17.8. The number of carbonyl (C=O) groups excluding carboxylic acids is 1. The third-order valence-corrected chi connectivity index (χ3v) is 4.90. The molecular formula is C23H30BrNO4. The van der Waals surface area contributed by atoms with Gasteiger partial charge in [-0.1, -0.05) is 35.8 Å². The second-order valence-electron chi connectivity index (χ2n) is 7.45. The van der Waals surface area contributed by atoms with Crippen LogP contribution in [0.5, 0.6) is 17.2 Å². The van der Waals surface area contributed by atoms with Gasteiger partial charge in [0.2, 0.25) is 0 Å². The number of methoxy groups -OCH3 is 1. The van der Waals surface area contributed by atoms with Crippen molar-refractivity contribution in [1.82, 2.24) is 5.32 Å². The molecule has 2 aromatic rings. The van der Waals surface area contributed by atoms with Gasteiger partial charge in [0.05, 0.1) is 13.7 Å². The second-order valence-corrected chi connectivity index (χ2v) is 8.37. The Hall–Kier alpha value is -2.21. The van der Waals surface area contributed by atoms with Crippen LogP contribution in [-0.2, 0) is 11.3 Å². The van der Waals surface area contributed by atoms with Gasteiger partial charge in [-0.25, -0.2) is 0 Å². The highest BCUT2D eigenvalue weighted by atomic mass is 79.9. The summed E-state index contributed by atoms with van der Waals surface area (Å²) in [7, 11) is 1.61. The van der Waals surface area contributed by atoms with Crippen molar-refractivity contribution in [2.45, 2.75) is 40.7 Å². The van der Waals surface area contributed by atoms with E-state index < -0.39 is 0 Å². The summed E-state index contributed by atoms with van der Waals surface area (Å²) >= 11 is 3.46. The minimum atomic E-state index is -0.178. The number of benzene rings is 2. The van der Waals surface area contributed by atoms with Gasteiger partial charge in [-0.2, -0.15) is 0 Å². The summed E-state index contributed by atoms with van der Waals surface area (Å²) < 4.78 is 17.9. The first-order valence-electron chi connectivity index (χ1n) is 9.76. The van der Waals surface area contributed by atoms with Crippen LogP contribution < -0.4 is 19.5 Å². The predicted octanol–water partition coefficient (Wildman–Crippen LogP) is 5.19. The van der Waals surface area contributed by atoms with Gasteiger partial charge in [0.15, 0.2) is 18.1 Å². The fraction of sp³-hybridized carbons (Fsp3) is 0.435. The van der Waals surface area contributed by atoms with Crippen LogP contribution in [-0.4, -0.2) is 26.2 Å². The number of halogens is 1. The lowest BCUT2D eigenvalue weighted by atomic mass is 10.1. The second kappa shape index (κ2) is 11.1. The molecule has 29 heavy (non-hydrogen) atoms. The molecule has 0 aliphatic rings. The number of aryl methyl sites for hydroxylation is 2. The average Bonchev–Trinajstić information content (AvgIpc) is 2.65. The highest BCUT2D eigenvalue weighted by Gasteiger charge is 2.10. The van der Waals surface area contributed by atoms with E-state index in [2.05, 4.69) is 35.1 Å². The zero-order valence-corrected chi connectivity index (χ0v) is 19.4. The minimum Gasteiger partial charge on any atom is -0.493 e. The maximum absolute atomic E-state index is 12.2. The molecule has 1 amide bonds. The lowest BCUT2D eigenvalue weighted by molar-refractivity contribution is -0.123. The first kappa shape index (κ1) is 23.1. The van der Waals surface area contributed by atoms with Crippen molar-refractivity contribution < 1.29 is 19.0 Å². The Bertz CT molecular complexity index is 813. The highest BCUT2D eigenvalue weighted by molar-refractivity contribution is 9.10. The Balaban J connectivity index is 1.88. The van der Waals surface area contributed by atoms with Crippen LogP contribution in [0.1, 0.15) is 37.0 Å². The SMILES string of the molecule is COc1cc(CNC(=O)COc2c(C)cc(Br)cc2C)ccc1OCCC(C)C. The van der Waals surface area contributed by atoms with Crippen molar-refractivity contribution in [1.29, 1.82) is 0 Å². The summed E-state index contributed by atoms with van der Waals surface area (Å²) in [5, 5.41) is 2.88. The van der Waals surface area contributed by atoms with Crippen molar-refractivity contribution in [3.63, 3.8) is 0 Å². The third-order valence-electron chi connectivity index (χ3n) is 4.44. The molecule has 0 aromatic heterocycles. The maximum Gasteiger partial charge on any atom is 0.258 e. The van der Waals surface area contributed by atoms with Crippen molar-refractivity contribution in [2.75, 3.05) is 20.3 Å². The Kier molecular flexibility index (Phi) is 8.83. The molecule has 2 rings (SSSR count). The predicted molar refractivity (Wildman–Crippen MR) is 119 cm³/mol. The van der Waals surface area contributed by atoms with Gasteiger partial charge in [-0.3, -0.25) is 4.79 Å². The van der Waals surface area contributed by atoms with Crippen LogP contribution in [0.25, 0.3) is 0 Å². The molecule has 0 atom stereocenters. The molecule has 0 fully saturated rings. The van der Waals surface area contributed by atoms with Gasteiger partial charge in [0, 0.05) is 11.0 Å². The minimum absolute atomic E-state index is 0.0309. The van der Waals surface area contributed by atoms with E-state index in [0.717, 1.165) is 33.3 Å². The number of hydrogen-bond acceptors (Lipinski definition) is 4. The standard InChI is InChI=1S/C23H30BrNO4/c1-15(2)8-9-28-20-7-6-18(12-21(20)27-5)13-25-22(26)14-29-23-16(3)10-19(24)11-17(23)4/h6-7,10-12,15H,8-9,13-14H2,1-5H3,(H,25,26). The Labute approximate surface area is 181 Å². The number of nitrogens with one attached hydrogen (secondary N) is 1. The maximum atomic E-state index is 12.2. The lowest BCUT2D eigenvalue weighted by Gasteiger charge is -2.14. The first-order chi connectivity index (χ1) is 13.8. The molecule has 0 saturated carbocycles. The number of amides is 1. The van der Waals surface area contributed by atoms with Gasteiger partial charge in [0.1, 0.15) is 5.75 Å². The molecule has 0 radical (unpaired) electrons. The Morgan fingerprint density at radius 2 is 1.76 bits per heavy atom. The van der Waals surface area contributed by atoms with Crippen LogP contribution in [0, 0.1) is 19.8 Å². The van der Waals surface area contributed by atoms with Crippen LogP contribution >= 0.6 is 15.9 Å². The summed E-state index contributed by atoms with van der Waals surface area (Å²) in [6.45, 7) is 9.26. The van der Waals surface area contributed by atoms with E-state index in [9.17, 15) is 4.79 Å². The van der Waals surface area contributed by atoms with Crippen molar-refractivity contribution in [3.05, 3.63) is 51.5 Å². The van der Waals surface area contributed by atoms with Crippen LogP contribution in [0.4, 0.5) is 0 Å². The van der Waals surface area contributed by atoms with Gasteiger partial charge >= 0.3 is 0 Å². The smallest absolute Gasteiger partial charge is 0.258 e. The van der Waals surface area contributed by atoms with Gasteiger partial charge in [-0.05, 0) is 67.1 Å². The topological polar surface area (TPSA) is 56.8 Å². The monoisotopic (exact) mass is 463 g/mol. The van der Waals surface area contributed by atoms with E-state index in [1.54, 1.807) is 7.11 Å². The molecule has 158 valence electrons. The van der Waals surface area contributed by atoms with E-state index in [1.807, 2.05) is 44.2 Å². The zero-order chi connectivity index (χ0) is 21.4. The number of hydrogen-bond donors (Lipinski definition) is 1. The molecule has 0 spiro atoms. The van der Waals surface area contributed by atoms with Gasteiger partial charge < -0.3 is 19.5 Å². The molecule has 0 aliphatic heterocycles. The average molecular weight is 464 g/mol. The summed E-state index contributed by atoms with van der Waals surface area (Å²) in [6, 6.07) is 9.63. The van der Waals surface area contributed by atoms with Crippen molar-refractivity contribution in [3.8, 4) is 17.2 Å². The molecule has 0 saturated heterocycles. The fourth-order valence-corrected chi connectivity index (χ4v) is 3.55. The van der Waals surface area contributed by atoms with Gasteiger partial charge in [0.25, 0.3) is 5.91 Å². The van der Waals surface area contributed by atoms with Crippen LogP contribution in [0.3, 0.4) is 0 Å². The lowest BCUT2D eigenvalue weighted by Crippen LogP contribution is -2.28. The Morgan fingerprint density at radius 3 is 2.38 bits per heavy atom.